The second-order valence-electron chi connectivity index (χ2n) is 3.11. The van der Waals surface area contributed by atoms with Crippen molar-refractivity contribution < 1.29 is 4.42 Å². The predicted octanol–water partition coefficient (Wildman–Crippen LogP) is 2.61. The summed E-state index contributed by atoms with van der Waals surface area (Å²) < 4.78 is 8.31. The van der Waals surface area contributed by atoms with E-state index in [0.29, 0.717) is 5.22 Å². The molecule has 0 radical (unpaired) electrons. The topological polar surface area (TPSA) is 43.9 Å². The van der Waals surface area contributed by atoms with Gasteiger partial charge in [0.05, 0.1) is 21.2 Å². The maximum Gasteiger partial charge on any atom is 0.256 e. The van der Waals surface area contributed by atoms with Crippen molar-refractivity contribution in [2.24, 2.45) is 7.05 Å². The van der Waals surface area contributed by atoms with Crippen molar-refractivity contribution in [1.29, 1.82) is 0 Å². The molecule has 0 N–H and O–H groups in total. The van der Waals surface area contributed by atoms with E-state index in [2.05, 4.69) is 32.7 Å². The Morgan fingerprint density at radius 3 is 2.93 bits per heavy atom. The summed E-state index contributed by atoms with van der Waals surface area (Å²) >= 11 is 3.87. The van der Waals surface area contributed by atoms with Crippen molar-refractivity contribution >= 4 is 34.4 Å². The Labute approximate surface area is 106 Å². The largest absolute Gasteiger partial charge is 0.440 e. The molecular formula is C9H10IN3OS. The van der Waals surface area contributed by atoms with Crippen LogP contribution < -0.4 is 0 Å². The van der Waals surface area contributed by atoms with Gasteiger partial charge in [0.15, 0.2) is 0 Å². The summed E-state index contributed by atoms with van der Waals surface area (Å²) in [6, 6.07) is 0. The lowest BCUT2D eigenvalue weighted by atomic mass is 10.5. The van der Waals surface area contributed by atoms with E-state index in [1.54, 1.807) is 18.0 Å². The van der Waals surface area contributed by atoms with Crippen LogP contribution in [0.1, 0.15) is 11.4 Å². The Bertz CT molecular complexity index is 446. The lowest BCUT2D eigenvalue weighted by molar-refractivity contribution is 0.454. The lowest BCUT2D eigenvalue weighted by Crippen LogP contribution is -1.97. The second-order valence-corrected chi connectivity index (χ2v) is 5.20. The molecule has 0 spiro atoms. The minimum absolute atomic E-state index is 0.712. The summed E-state index contributed by atoms with van der Waals surface area (Å²) in [4.78, 5) is 4.23. The third-order valence-electron chi connectivity index (χ3n) is 1.94. The normalized spacial score (nSPS) is 10.9. The molecule has 4 nitrogen and oxygen atoms in total. The van der Waals surface area contributed by atoms with Gasteiger partial charge in [-0.25, -0.2) is 4.98 Å². The van der Waals surface area contributed by atoms with Gasteiger partial charge in [-0.2, -0.15) is 5.10 Å². The van der Waals surface area contributed by atoms with Crippen LogP contribution in [0.3, 0.4) is 0 Å². The van der Waals surface area contributed by atoms with Crippen LogP contribution in [0.5, 0.6) is 0 Å². The Hall–Kier alpha value is -0.500. The molecular weight excluding hydrogens is 325 g/mol. The van der Waals surface area contributed by atoms with E-state index in [4.69, 9.17) is 4.42 Å². The first kappa shape index (κ1) is 11.0. The Morgan fingerprint density at radius 1 is 1.60 bits per heavy atom. The van der Waals surface area contributed by atoms with Crippen LogP contribution in [0, 0.1) is 10.5 Å². The number of aryl methyl sites for hydroxylation is 2. The number of oxazole rings is 1. The van der Waals surface area contributed by atoms with Gasteiger partial charge >= 0.3 is 0 Å². The number of nitrogens with zero attached hydrogens (tertiary/aromatic N) is 3. The van der Waals surface area contributed by atoms with Gasteiger partial charge in [0.1, 0.15) is 6.26 Å². The van der Waals surface area contributed by atoms with Crippen LogP contribution >= 0.6 is 34.4 Å². The molecule has 2 aromatic rings. The average Bonchev–Trinajstić information content (AvgIpc) is 2.73. The molecule has 2 heterocycles. The second kappa shape index (κ2) is 4.56. The van der Waals surface area contributed by atoms with Crippen LogP contribution in [0.15, 0.2) is 22.1 Å². The molecule has 15 heavy (non-hydrogen) atoms. The molecule has 0 atom stereocenters. The van der Waals surface area contributed by atoms with Crippen molar-refractivity contribution in [2.75, 3.05) is 0 Å². The molecule has 0 saturated carbocycles. The fraction of sp³-hybridized carbons (Fsp3) is 0.333. The highest BCUT2D eigenvalue weighted by atomic mass is 127. The molecule has 0 aliphatic rings. The monoisotopic (exact) mass is 335 g/mol. The molecule has 6 heteroatoms. The van der Waals surface area contributed by atoms with Crippen LogP contribution in [-0.4, -0.2) is 14.8 Å². The number of aromatic nitrogens is 3. The van der Waals surface area contributed by atoms with E-state index >= 15 is 0 Å². The van der Waals surface area contributed by atoms with Crippen molar-refractivity contribution in [3.05, 3.63) is 27.4 Å². The van der Waals surface area contributed by atoms with Crippen molar-refractivity contribution in [3.8, 4) is 0 Å². The lowest BCUT2D eigenvalue weighted by Gasteiger charge is -1.99. The molecule has 2 aromatic heterocycles. The van der Waals surface area contributed by atoms with Crippen molar-refractivity contribution in [3.63, 3.8) is 0 Å². The summed E-state index contributed by atoms with van der Waals surface area (Å²) in [6.07, 6.45) is 3.52. The SMILES string of the molecule is Cc1coc(SCc2c(I)cnn2C)n1. The highest BCUT2D eigenvalue weighted by molar-refractivity contribution is 14.1. The Kier molecular flexibility index (Phi) is 3.35. The number of rotatable bonds is 3. The Balaban J connectivity index is 2.05. The van der Waals surface area contributed by atoms with Gasteiger partial charge in [0.25, 0.3) is 5.22 Å². The van der Waals surface area contributed by atoms with Crippen molar-refractivity contribution in [2.45, 2.75) is 17.9 Å². The number of halogens is 1. The van der Waals surface area contributed by atoms with E-state index in [1.807, 2.05) is 24.9 Å². The number of hydrogen-bond acceptors (Lipinski definition) is 4. The molecule has 0 saturated heterocycles. The number of hydrogen-bond donors (Lipinski definition) is 0. The first-order valence-electron chi connectivity index (χ1n) is 4.38. The highest BCUT2D eigenvalue weighted by Gasteiger charge is 2.08. The van der Waals surface area contributed by atoms with Crippen LogP contribution in [0.2, 0.25) is 0 Å². The highest BCUT2D eigenvalue weighted by Crippen LogP contribution is 2.23. The molecule has 0 aromatic carbocycles. The zero-order chi connectivity index (χ0) is 10.8. The minimum atomic E-state index is 0.712. The maximum atomic E-state index is 5.26. The molecule has 0 aliphatic heterocycles. The summed E-state index contributed by atoms with van der Waals surface area (Å²) in [5.74, 6) is 0.828. The summed E-state index contributed by atoms with van der Waals surface area (Å²) in [7, 11) is 1.94. The first-order valence-corrected chi connectivity index (χ1v) is 6.44. The van der Waals surface area contributed by atoms with Gasteiger partial charge in [-0.15, -0.1) is 0 Å². The molecule has 80 valence electrons. The zero-order valence-corrected chi connectivity index (χ0v) is 11.4. The summed E-state index contributed by atoms with van der Waals surface area (Å²) in [5.41, 5.74) is 2.11. The molecule has 0 unspecified atom stereocenters. The molecule has 2 rings (SSSR count). The summed E-state index contributed by atoms with van der Waals surface area (Å²) in [6.45, 7) is 1.92. The van der Waals surface area contributed by atoms with E-state index < -0.39 is 0 Å². The molecule has 0 amide bonds. The standard InChI is InChI=1S/C9H10IN3OS/c1-6-4-14-9(12-6)15-5-8-7(10)3-11-13(8)2/h3-4H,5H2,1-2H3. The van der Waals surface area contributed by atoms with Gasteiger partial charge in [-0.05, 0) is 29.5 Å². The number of thioether (sulfide) groups is 1. The minimum Gasteiger partial charge on any atom is -0.440 e. The van der Waals surface area contributed by atoms with Crippen LogP contribution in [0.25, 0.3) is 0 Å². The molecule has 0 bridgehead atoms. The van der Waals surface area contributed by atoms with E-state index in [9.17, 15) is 0 Å². The molecule has 0 fully saturated rings. The first-order chi connectivity index (χ1) is 7.16. The van der Waals surface area contributed by atoms with Gasteiger partial charge in [0, 0.05) is 12.8 Å². The fourth-order valence-electron chi connectivity index (χ4n) is 1.13. The fourth-order valence-corrected chi connectivity index (χ4v) is 2.98. The van der Waals surface area contributed by atoms with E-state index in [0.717, 1.165) is 11.4 Å². The van der Waals surface area contributed by atoms with Gasteiger partial charge in [-0.3, -0.25) is 4.68 Å². The van der Waals surface area contributed by atoms with Gasteiger partial charge in [-0.1, -0.05) is 11.8 Å². The van der Waals surface area contributed by atoms with Crippen LogP contribution in [0.4, 0.5) is 0 Å². The summed E-state index contributed by atoms with van der Waals surface area (Å²) in [5, 5.41) is 4.89. The van der Waals surface area contributed by atoms with Gasteiger partial charge < -0.3 is 4.42 Å². The quantitative estimate of drug-likeness (QED) is 0.639. The zero-order valence-electron chi connectivity index (χ0n) is 8.40. The average molecular weight is 335 g/mol. The van der Waals surface area contributed by atoms with Gasteiger partial charge in [0.2, 0.25) is 0 Å². The smallest absolute Gasteiger partial charge is 0.256 e. The predicted molar refractivity (Wildman–Crippen MR) is 66.7 cm³/mol. The van der Waals surface area contributed by atoms with Crippen LogP contribution in [-0.2, 0) is 12.8 Å². The third kappa shape index (κ3) is 2.54. The third-order valence-corrected chi connectivity index (χ3v) is 3.69. The maximum absolute atomic E-state index is 5.26. The molecule has 0 aliphatic carbocycles. The van der Waals surface area contributed by atoms with Crippen molar-refractivity contribution in [1.82, 2.24) is 14.8 Å². The van der Waals surface area contributed by atoms with E-state index in [1.165, 1.54) is 9.26 Å². The Morgan fingerprint density at radius 2 is 2.40 bits per heavy atom. The van der Waals surface area contributed by atoms with E-state index in [-0.39, 0.29) is 0 Å².